The second-order valence-corrected chi connectivity index (χ2v) is 8.10. The molecule has 1 heterocycles. The van der Waals surface area contributed by atoms with Gasteiger partial charge in [-0.3, -0.25) is 0 Å². The third-order valence-electron chi connectivity index (χ3n) is 4.45. The van der Waals surface area contributed by atoms with Crippen molar-refractivity contribution < 1.29 is 31.4 Å². The Morgan fingerprint density at radius 2 is 1.71 bits per heavy atom. The molecule has 0 fully saturated rings. The Labute approximate surface area is 178 Å². The van der Waals surface area contributed by atoms with E-state index < -0.39 is 33.3 Å². The van der Waals surface area contributed by atoms with Crippen molar-refractivity contribution in [3.63, 3.8) is 0 Å². The van der Waals surface area contributed by atoms with Crippen molar-refractivity contribution in [3.05, 3.63) is 66.2 Å². The van der Waals surface area contributed by atoms with Crippen molar-refractivity contribution in [3.8, 4) is 17.2 Å². The summed E-state index contributed by atoms with van der Waals surface area (Å²) in [5.74, 6) is 0.779. The molecule has 0 amide bonds. The number of hydrogen-bond acceptors (Lipinski definition) is 6. The molecule has 8 nitrogen and oxygen atoms in total. The van der Waals surface area contributed by atoms with Gasteiger partial charge in [0, 0.05) is 25.5 Å². The smallest absolute Gasteiger partial charge is 0.387 e. The zero-order valence-corrected chi connectivity index (χ0v) is 17.8. The fourth-order valence-corrected chi connectivity index (χ4v) is 4.32. The van der Waals surface area contributed by atoms with Crippen LogP contribution in [0, 0.1) is 0 Å². The van der Waals surface area contributed by atoms with E-state index in [1.165, 1.54) is 38.6 Å². The van der Waals surface area contributed by atoms with E-state index in [-0.39, 0.29) is 0 Å². The van der Waals surface area contributed by atoms with E-state index in [2.05, 4.69) is 14.4 Å². The highest BCUT2D eigenvalue weighted by Gasteiger charge is 2.29. The first-order chi connectivity index (χ1) is 14.7. The number of alkyl halides is 2. The van der Waals surface area contributed by atoms with Crippen LogP contribution in [-0.4, -0.2) is 38.8 Å². The minimum absolute atomic E-state index is 0.367. The van der Waals surface area contributed by atoms with Crippen molar-refractivity contribution >= 4 is 10.0 Å². The largest absolute Gasteiger partial charge is 0.497 e. The van der Waals surface area contributed by atoms with Crippen molar-refractivity contribution in [2.45, 2.75) is 17.5 Å². The van der Waals surface area contributed by atoms with Gasteiger partial charge in [0.1, 0.15) is 34.0 Å². The Morgan fingerprint density at radius 1 is 1.06 bits per heavy atom. The van der Waals surface area contributed by atoms with Crippen LogP contribution in [0.25, 0.3) is 0 Å². The lowest BCUT2D eigenvalue weighted by Gasteiger charge is -2.21. The third kappa shape index (κ3) is 5.12. The van der Waals surface area contributed by atoms with Gasteiger partial charge in [0.05, 0.1) is 14.2 Å². The second kappa shape index (κ2) is 9.31. The summed E-state index contributed by atoms with van der Waals surface area (Å²) in [6, 6.07) is 9.08. The molecular weight excluding hydrogens is 432 g/mol. The Bertz CT molecular complexity index is 1130. The van der Waals surface area contributed by atoms with Crippen LogP contribution in [0.1, 0.15) is 17.4 Å². The van der Waals surface area contributed by atoms with Crippen molar-refractivity contribution in [1.82, 2.24) is 14.3 Å². The maximum absolute atomic E-state index is 13.2. The molecule has 3 rings (SSSR count). The van der Waals surface area contributed by atoms with E-state index in [1.807, 2.05) is 0 Å². The van der Waals surface area contributed by atoms with Gasteiger partial charge < -0.3 is 18.8 Å². The topological polar surface area (TPSA) is 91.7 Å². The van der Waals surface area contributed by atoms with Gasteiger partial charge in [-0.1, -0.05) is 12.1 Å². The number of halogens is 2. The maximum Gasteiger partial charge on any atom is 0.387 e. The molecule has 0 aliphatic rings. The van der Waals surface area contributed by atoms with Crippen LogP contribution in [0.2, 0.25) is 0 Å². The summed E-state index contributed by atoms with van der Waals surface area (Å²) in [7, 11) is 0.331. The molecule has 1 aromatic heterocycles. The summed E-state index contributed by atoms with van der Waals surface area (Å²) in [6.07, 6.45) is 3.17. The number of methoxy groups -OCH3 is 2. The van der Waals surface area contributed by atoms with E-state index in [0.717, 1.165) is 6.07 Å². The summed E-state index contributed by atoms with van der Waals surface area (Å²) in [6.45, 7) is -3.18. The van der Waals surface area contributed by atoms with Crippen LogP contribution in [0.15, 0.2) is 59.8 Å². The molecular formula is C20H21F2N3O5S. The van der Waals surface area contributed by atoms with Gasteiger partial charge in [-0.15, -0.1) is 0 Å². The standard InChI is InChI=1S/C20H21F2N3O5S/c1-25-9-8-23-19(25)18(13-10-14(28-2)12-15(11-13)29-3)24-31(26,27)17-7-5-4-6-16(17)30-20(21)22/h4-12,18,20,24H,1-3H3. The minimum Gasteiger partial charge on any atom is -0.497 e. The van der Waals surface area contributed by atoms with Crippen LogP contribution in [-0.2, 0) is 17.1 Å². The zero-order valence-electron chi connectivity index (χ0n) is 17.0. The van der Waals surface area contributed by atoms with Crippen LogP contribution < -0.4 is 18.9 Å². The average molecular weight is 453 g/mol. The Kier molecular flexibility index (Phi) is 6.76. The SMILES string of the molecule is COc1cc(OC)cc(C(NS(=O)(=O)c2ccccc2OC(F)F)c2nccn2C)c1. The fourth-order valence-electron chi connectivity index (χ4n) is 3.01. The van der Waals surface area contributed by atoms with Crippen molar-refractivity contribution in [2.75, 3.05) is 14.2 Å². The molecule has 1 N–H and O–H groups in total. The number of imidazole rings is 1. The van der Waals surface area contributed by atoms with E-state index in [9.17, 15) is 17.2 Å². The van der Waals surface area contributed by atoms with E-state index in [4.69, 9.17) is 9.47 Å². The summed E-state index contributed by atoms with van der Waals surface area (Å²) >= 11 is 0. The maximum atomic E-state index is 13.2. The lowest BCUT2D eigenvalue weighted by atomic mass is 10.1. The van der Waals surface area contributed by atoms with Gasteiger partial charge in [0.25, 0.3) is 0 Å². The third-order valence-corrected chi connectivity index (χ3v) is 5.91. The predicted molar refractivity (Wildman–Crippen MR) is 108 cm³/mol. The number of para-hydroxylation sites is 1. The van der Waals surface area contributed by atoms with Crippen LogP contribution in [0.3, 0.4) is 0 Å². The van der Waals surface area contributed by atoms with E-state index in [0.29, 0.717) is 22.9 Å². The number of rotatable bonds is 9. The fraction of sp³-hybridized carbons (Fsp3) is 0.250. The van der Waals surface area contributed by atoms with Crippen LogP contribution >= 0.6 is 0 Å². The highest BCUT2D eigenvalue weighted by Crippen LogP contribution is 2.32. The highest BCUT2D eigenvalue weighted by molar-refractivity contribution is 7.89. The molecule has 3 aromatic rings. The number of hydrogen-bond donors (Lipinski definition) is 1. The lowest BCUT2D eigenvalue weighted by molar-refractivity contribution is -0.0517. The predicted octanol–water partition coefficient (Wildman–Crippen LogP) is 3.11. The Morgan fingerprint density at radius 3 is 2.26 bits per heavy atom. The van der Waals surface area contributed by atoms with Gasteiger partial charge in [-0.25, -0.2) is 13.4 Å². The first kappa shape index (κ1) is 22.5. The van der Waals surface area contributed by atoms with Gasteiger partial charge >= 0.3 is 6.61 Å². The molecule has 31 heavy (non-hydrogen) atoms. The van der Waals surface area contributed by atoms with Crippen LogP contribution in [0.4, 0.5) is 8.78 Å². The number of nitrogens with one attached hydrogen (secondary N) is 1. The molecule has 166 valence electrons. The molecule has 0 saturated carbocycles. The highest BCUT2D eigenvalue weighted by atomic mass is 32.2. The quantitative estimate of drug-likeness (QED) is 0.535. The van der Waals surface area contributed by atoms with Crippen molar-refractivity contribution in [2.24, 2.45) is 7.05 Å². The van der Waals surface area contributed by atoms with Gasteiger partial charge in [0.15, 0.2) is 0 Å². The molecule has 11 heteroatoms. The number of ether oxygens (including phenoxy) is 3. The molecule has 0 bridgehead atoms. The van der Waals surface area contributed by atoms with Crippen molar-refractivity contribution in [1.29, 1.82) is 0 Å². The molecule has 0 aliphatic heterocycles. The number of aromatic nitrogens is 2. The molecule has 1 unspecified atom stereocenters. The Balaban J connectivity index is 2.10. The average Bonchev–Trinajstić information content (AvgIpc) is 3.17. The molecule has 0 aliphatic carbocycles. The summed E-state index contributed by atoms with van der Waals surface area (Å²) < 4.78 is 71.1. The summed E-state index contributed by atoms with van der Waals surface area (Å²) in [4.78, 5) is 3.83. The summed E-state index contributed by atoms with van der Waals surface area (Å²) in [5, 5.41) is 0. The van der Waals surface area contributed by atoms with E-state index >= 15 is 0 Å². The number of benzene rings is 2. The molecule has 0 radical (unpaired) electrons. The van der Waals surface area contributed by atoms with Gasteiger partial charge in [-0.05, 0) is 29.8 Å². The lowest BCUT2D eigenvalue weighted by Crippen LogP contribution is -2.31. The number of aryl methyl sites for hydroxylation is 1. The minimum atomic E-state index is -4.31. The van der Waals surface area contributed by atoms with Crippen LogP contribution in [0.5, 0.6) is 17.2 Å². The van der Waals surface area contributed by atoms with Gasteiger partial charge in [-0.2, -0.15) is 13.5 Å². The summed E-state index contributed by atoms with van der Waals surface area (Å²) in [5.41, 5.74) is 0.473. The Hall–Kier alpha value is -3.18. The van der Waals surface area contributed by atoms with Gasteiger partial charge in [0.2, 0.25) is 10.0 Å². The number of nitrogens with zero attached hydrogens (tertiary/aromatic N) is 2. The second-order valence-electron chi connectivity index (χ2n) is 6.42. The molecule has 0 saturated heterocycles. The van der Waals surface area contributed by atoms with E-state index in [1.54, 1.807) is 36.0 Å². The first-order valence-electron chi connectivity index (χ1n) is 9.01. The number of sulfonamides is 1. The molecule has 1 atom stereocenters. The molecule has 2 aromatic carbocycles. The first-order valence-corrected chi connectivity index (χ1v) is 10.5. The normalized spacial score (nSPS) is 12.6. The monoisotopic (exact) mass is 453 g/mol. The zero-order chi connectivity index (χ0) is 22.6. The molecule has 0 spiro atoms.